The number of aromatic hydroxyl groups is 1. The zero-order chi connectivity index (χ0) is 23.9. The summed E-state index contributed by atoms with van der Waals surface area (Å²) in [6.07, 6.45) is 3.52. The van der Waals surface area contributed by atoms with Crippen molar-refractivity contribution in [1.29, 1.82) is 0 Å². The van der Waals surface area contributed by atoms with E-state index in [9.17, 15) is 10.0 Å². The summed E-state index contributed by atoms with van der Waals surface area (Å²) in [5.74, 6) is 0.916. The van der Waals surface area contributed by atoms with E-state index < -0.39 is 0 Å². The second kappa shape index (κ2) is 10.9. The number of hydrogen-bond donors (Lipinski definition) is 2. The van der Waals surface area contributed by atoms with Gasteiger partial charge in [-0.2, -0.15) is 9.61 Å². The third kappa shape index (κ3) is 5.43. The quantitative estimate of drug-likeness (QED) is 0.202. The van der Waals surface area contributed by atoms with Crippen LogP contribution in [0.5, 0.6) is 5.75 Å². The van der Waals surface area contributed by atoms with Crippen LogP contribution in [0.1, 0.15) is 25.3 Å². The summed E-state index contributed by atoms with van der Waals surface area (Å²) in [6.45, 7) is 5.50. The number of aromatic nitrogens is 3. The third-order valence-electron chi connectivity index (χ3n) is 5.60. The summed E-state index contributed by atoms with van der Waals surface area (Å²) < 4.78 is 1.68. The molecular formula is C25H27BN6O2. The van der Waals surface area contributed by atoms with Crippen LogP contribution in [0.25, 0.3) is 16.9 Å². The van der Waals surface area contributed by atoms with Gasteiger partial charge in [0.1, 0.15) is 25.1 Å². The van der Waals surface area contributed by atoms with E-state index in [2.05, 4.69) is 32.4 Å². The molecule has 0 aliphatic carbocycles. The van der Waals surface area contributed by atoms with Crippen LogP contribution in [0.15, 0.2) is 66.0 Å². The van der Waals surface area contributed by atoms with Gasteiger partial charge in [-0.05, 0) is 59.9 Å². The highest BCUT2D eigenvalue weighted by Crippen LogP contribution is 2.29. The Balaban J connectivity index is 1.45. The molecule has 2 aromatic heterocycles. The first-order valence-corrected chi connectivity index (χ1v) is 11.4. The molecule has 8 nitrogen and oxygen atoms in total. The van der Waals surface area contributed by atoms with Crippen molar-refractivity contribution in [3.8, 4) is 17.0 Å². The van der Waals surface area contributed by atoms with Gasteiger partial charge < -0.3 is 10.4 Å². The summed E-state index contributed by atoms with van der Waals surface area (Å²) in [5, 5.41) is 21.1. The highest BCUT2D eigenvalue weighted by Gasteiger charge is 2.13. The molecule has 0 bridgehead atoms. The Labute approximate surface area is 200 Å². The largest absolute Gasteiger partial charge is 0.507 e. The van der Waals surface area contributed by atoms with E-state index >= 15 is 0 Å². The zero-order valence-electron chi connectivity index (χ0n) is 19.2. The zero-order valence-corrected chi connectivity index (χ0v) is 19.2. The van der Waals surface area contributed by atoms with Crippen molar-refractivity contribution in [3.05, 3.63) is 71.3 Å². The SMILES string of the molecule is [B]c1cnn2c(NCCCN(CCC)Cc3cccc(N=O)c3)cc(-c3ccccc3O)nc12. The molecule has 0 aliphatic heterocycles. The fourth-order valence-corrected chi connectivity index (χ4v) is 4.01. The van der Waals surface area contributed by atoms with Gasteiger partial charge in [0.2, 0.25) is 0 Å². The fourth-order valence-electron chi connectivity index (χ4n) is 4.01. The van der Waals surface area contributed by atoms with Gasteiger partial charge in [-0.25, -0.2) is 4.98 Å². The summed E-state index contributed by atoms with van der Waals surface area (Å²) in [5.41, 5.74) is 3.80. The molecular weight excluding hydrogens is 427 g/mol. The maximum atomic E-state index is 10.8. The number of nitrogens with zero attached hydrogens (tertiary/aromatic N) is 5. The molecule has 0 amide bonds. The van der Waals surface area contributed by atoms with Crippen LogP contribution < -0.4 is 10.8 Å². The Kier molecular flexibility index (Phi) is 7.54. The predicted octanol–water partition coefficient (Wildman–Crippen LogP) is 4.01. The lowest BCUT2D eigenvalue weighted by Gasteiger charge is -2.22. The lowest BCUT2D eigenvalue weighted by atomic mass is 10.0. The number of hydrogen-bond acceptors (Lipinski definition) is 7. The van der Waals surface area contributed by atoms with Crippen LogP contribution in [0.4, 0.5) is 11.5 Å². The average Bonchev–Trinajstić information content (AvgIpc) is 3.23. The van der Waals surface area contributed by atoms with E-state index in [4.69, 9.17) is 7.85 Å². The van der Waals surface area contributed by atoms with Gasteiger partial charge >= 0.3 is 0 Å². The van der Waals surface area contributed by atoms with E-state index in [0.29, 0.717) is 28.1 Å². The van der Waals surface area contributed by atoms with Crippen LogP contribution in [-0.4, -0.2) is 52.1 Å². The van der Waals surface area contributed by atoms with Gasteiger partial charge in [-0.3, -0.25) is 4.90 Å². The van der Waals surface area contributed by atoms with E-state index in [1.165, 1.54) is 0 Å². The van der Waals surface area contributed by atoms with Gasteiger partial charge in [0, 0.05) is 37.5 Å². The topological polar surface area (TPSA) is 95.1 Å². The molecule has 172 valence electrons. The first-order valence-electron chi connectivity index (χ1n) is 11.4. The second-order valence-corrected chi connectivity index (χ2v) is 8.20. The molecule has 0 atom stereocenters. The highest BCUT2D eigenvalue weighted by atomic mass is 16.3. The molecule has 4 rings (SSSR count). The summed E-state index contributed by atoms with van der Waals surface area (Å²) in [4.78, 5) is 17.8. The van der Waals surface area contributed by atoms with Gasteiger partial charge in [0.15, 0.2) is 5.65 Å². The molecule has 2 heterocycles. The molecule has 0 fully saturated rings. The predicted molar refractivity (Wildman–Crippen MR) is 136 cm³/mol. The number of rotatable bonds is 11. The van der Waals surface area contributed by atoms with Gasteiger partial charge in [0.25, 0.3) is 0 Å². The number of nitroso groups, excluding NO2 is 1. The highest BCUT2D eigenvalue weighted by molar-refractivity contribution is 6.36. The molecule has 9 heteroatoms. The molecule has 0 saturated carbocycles. The van der Waals surface area contributed by atoms with E-state index in [-0.39, 0.29) is 5.75 Å². The molecule has 2 radical (unpaired) electrons. The minimum absolute atomic E-state index is 0.160. The van der Waals surface area contributed by atoms with Gasteiger partial charge in [-0.1, -0.05) is 31.2 Å². The average molecular weight is 454 g/mol. The maximum Gasteiger partial charge on any atom is 0.150 e. The fraction of sp³-hybridized carbons (Fsp3) is 0.280. The third-order valence-corrected chi connectivity index (χ3v) is 5.60. The van der Waals surface area contributed by atoms with E-state index in [1.807, 2.05) is 36.4 Å². The van der Waals surface area contributed by atoms with Gasteiger partial charge in [0.05, 0.1) is 5.69 Å². The van der Waals surface area contributed by atoms with E-state index in [0.717, 1.165) is 50.4 Å². The summed E-state index contributed by atoms with van der Waals surface area (Å²) >= 11 is 0. The minimum atomic E-state index is 0.160. The lowest BCUT2D eigenvalue weighted by molar-refractivity contribution is 0.265. The Morgan fingerprint density at radius 3 is 2.79 bits per heavy atom. The van der Waals surface area contributed by atoms with Crippen molar-refractivity contribution < 1.29 is 5.11 Å². The minimum Gasteiger partial charge on any atom is -0.507 e. The monoisotopic (exact) mass is 454 g/mol. The number of phenolic OH excluding ortho intramolecular Hbond substituents is 1. The van der Waals surface area contributed by atoms with Crippen molar-refractivity contribution >= 4 is 30.5 Å². The molecule has 0 aliphatic rings. The Bertz CT molecular complexity index is 1280. The number of anilines is 1. The number of benzene rings is 2. The Morgan fingerprint density at radius 1 is 1.15 bits per heavy atom. The molecule has 4 aromatic rings. The molecule has 2 aromatic carbocycles. The molecule has 0 spiro atoms. The standard InChI is InChI=1S/C25H27BN6O2/c1-2-12-31(17-18-7-5-8-19(14-18)30-34)13-6-11-27-24-15-22(20-9-3-4-10-23(20)33)29-25-21(26)16-28-32(24)25/h3-5,7-10,14-16,27,33H,2,6,11-13,17H2,1H3. The smallest absolute Gasteiger partial charge is 0.150 e. The molecule has 0 saturated heterocycles. The van der Waals surface area contributed by atoms with E-state index in [1.54, 1.807) is 28.9 Å². The van der Waals surface area contributed by atoms with Crippen LogP contribution in [0.2, 0.25) is 0 Å². The number of phenols is 1. The first-order chi connectivity index (χ1) is 16.6. The summed E-state index contributed by atoms with van der Waals surface area (Å²) in [6, 6.07) is 16.4. The molecule has 34 heavy (non-hydrogen) atoms. The number of para-hydroxylation sites is 1. The van der Waals surface area contributed by atoms with Crippen molar-refractivity contribution in [1.82, 2.24) is 19.5 Å². The molecule has 2 N–H and O–H groups in total. The van der Waals surface area contributed by atoms with Crippen LogP contribution >= 0.6 is 0 Å². The van der Waals surface area contributed by atoms with Gasteiger partial charge in [-0.15, -0.1) is 4.91 Å². The van der Waals surface area contributed by atoms with Crippen LogP contribution in [0, 0.1) is 4.91 Å². The van der Waals surface area contributed by atoms with Crippen LogP contribution in [0.3, 0.4) is 0 Å². The lowest BCUT2D eigenvalue weighted by Crippen LogP contribution is -2.26. The molecule has 0 unspecified atom stereocenters. The number of nitrogens with one attached hydrogen (secondary N) is 1. The van der Waals surface area contributed by atoms with Crippen molar-refractivity contribution in [3.63, 3.8) is 0 Å². The van der Waals surface area contributed by atoms with Crippen molar-refractivity contribution in [2.75, 3.05) is 25.0 Å². The Morgan fingerprint density at radius 2 is 2.00 bits per heavy atom. The normalized spacial score (nSPS) is 11.2. The van der Waals surface area contributed by atoms with Crippen molar-refractivity contribution in [2.45, 2.75) is 26.3 Å². The first kappa shape index (κ1) is 23.4. The Hall–Kier alpha value is -3.72. The second-order valence-electron chi connectivity index (χ2n) is 8.20. The number of fused-ring (bicyclic) bond motifs is 1. The van der Waals surface area contributed by atoms with Crippen molar-refractivity contribution in [2.24, 2.45) is 5.18 Å². The van der Waals surface area contributed by atoms with Crippen LogP contribution in [-0.2, 0) is 6.54 Å². The maximum absolute atomic E-state index is 10.8. The summed E-state index contributed by atoms with van der Waals surface area (Å²) in [7, 11) is 6.08.